The van der Waals surface area contributed by atoms with Crippen LogP contribution >= 0.6 is 15.9 Å². The van der Waals surface area contributed by atoms with Crippen molar-refractivity contribution < 1.29 is 0 Å². The summed E-state index contributed by atoms with van der Waals surface area (Å²) in [5.74, 6) is 0. The summed E-state index contributed by atoms with van der Waals surface area (Å²) in [7, 11) is 0. The highest BCUT2D eigenvalue weighted by molar-refractivity contribution is 9.10. The predicted molar refractivity (Wildman–Crippen MR) is 76.3 cm³/mol. The Balaban J connectivity index is 2.18. The number of pyridine rings is 2. The van der Waals surface area contributed by atoms with Crippen LogP contribution in [-0.2, 0) is 6.42 Å². The molecule has 94 valence electrons. The Kier molecular flexibility index (Phi) is 4.84. The maximum atomic E-state index is 4.23. The maximum Gasteiger partial charge on any atom is 0.0410 e. The molecule has 0 saturated carbocycles. The average molecular weight is 306 g/mol. The summed E-state index contributed by atoms with van der Waals surface area (Å²) < 4.78 is 1.01. The van der Waals surface area contributed by atoms with E-state index in [1.165, 1.54) is 11.1 Å². The molecule has 2 rings (SSSR count). The molecule has 0 saturated heterocycles. The molecule has 0 aromatic carbocycles. The Morgan fingerprint density at radius 3 is 2.67 bits per heavy atom. The minimum Gasteiger partial charge on any atom is -0.310 e. The molecular weight excluding hydrogens is 290 g/mol. The molecule has 1 atom stereocenters. The second-order valence-electron chi connectivity index (χ2n) is 4.11. The van der Waals surface area contributed by atoms with Crippen molar-refractivity contribution in [3.8, 4) is 0 Å². The van der Waals surface area contributed by atoms with Crippen LogP contribution in [0.2, 0.25) is 0 Å². The van der Waals surface area contributed by atoms with Gasteiger partial charge in [-0.1, -0.05) is 6.92 Å². The van der Waals surface area contributed by atoms with Gasteiger partial charge in [0, 0.05) is 35.3 Å². The van der Waals surface area contributed by atoms with Crippen molar-refractivity contribution in [2.45, 2.75) is 19.4 Å². The lowest BCUT2D eigenvalue weighted by molar-refractivity contribution is 0.547. The standard InChI is InChI=1S/C14H16BrN3/c1-2-18-14(7-11-3-5-16-6-4-11)12-8-13(15)10-17-9-12/h3-6,8-10,14,18H,2,7H2,1H3. The van der Waals surface area contributed by atoms with E-state index >= 15 is 0 Å². The fourth-order valence-corrected chi connectivity index (χ4v) is 2.31. The average Bonchev–Trinajstić information content (AvgIpc) is 2.39. The number of hydrogen-bond donors (Lipinski definition) is 1. The van der Waals surface area contributed by atoms with Crippen LogP contribution < -0.4 is 5.32 Å². The maximum absolute atomic E-state index is 4.23. The van der Waals surface area contributed by atoms with Crippen molar-refractivity contribution in [3.63, 3.8) is 0 Å². The Morgan fingerprint density at radius 1 is 1.22 bits per heavy atom. The van der Waals surface area contributed by atoms with Gasteiger partial charge in [0.2, 0.25) is 0 Å². The van der Waals surface area contributed by atoms with Gasteiger partial charge >= 0.3 is 0 Å². The van der Waals surface area contributed by atoms with Gasteiger partial charge in [0.1, 0.15) is 0 Å². The molecule has 0 fully saturated rings. The topological polar surface area (TPSA) is 37.8 Å². The van der Waals surface area contributed by atoms with E-state index in [4.69, 9.17) is 0 Å². The molecule has 18 heavy (non-hydrogen) atoms. The van der Waals surface area contributed by atoms with Crippen molar-refractivity contribution in [1.82, 2.24) is 15.3 Å². The van der Waals surface area contributed by atoms with Crippen molar-refractivity contribution >= 4 is 15.9 Å². The van der Waals surface area contributed by atoms with Crippen molar-refractivity contribution in [3.05, 3.63) is 58.6 Å². The molecule has 0 radical (unpaired) electrons. The van der Waals surface area contributed by atoms with E-state index in [-0.39, 0.29) is 6.04 Å². The number of halogens is 1. The summed E-state index contributed by atoms with van der Waals surface area (Å²) in [6, 6.07) is 6.50. The molecule has 1 unspecified atom stereocenters. The van der Waals surface area contributed by atoms with Gasteiger partial charge in [-0.05, 0) is 58.2 Å². The summed E-state index contributed by atoms with van der Waals surface area (Å²) in [4.78, 5) is 8.28. The van der Waals surface area contributed by atoms with Crippen LogP contribution in [0.3, 0.4) is 0 Å². The molecule has 2 aromatic heterocycles. The van der Waals surface area contributed by atoms with Gasteiger partial charge in [0.15, 0.2) is 0 Å². The zero-order valence-electron chi connectivity index (χ0n) is 10.3. The number of aromatic nitrogens is 2. The predicted octanol–water partition coefficient (Wildman–Crippen LogP) is 3.13. The Morgan fingerprint density at radius 2 is 2.00 bits per heavy atom. The summed E-state index contributed by atoms with van der Waals surface area (Å²) in [6.45, 7) is 3.05. The number of rotatable bonds is 5. The third-order valence-corrected chi connectivity index (χ3v) is 3.20. The molecule has 1 N–H and O–H groups in total. The monoisotopic (exact) mass is 305 g/mol. The molecule has 0 aliphatic heterocycles. The van der Waals surface area contributed by atoms with Crippen molar-refractivity contribution in [2.75, 3.05) is 6.54 Å². The summed E-state index contributed by atoms with van der Waals surface area (Å²) >= 11 is 3.47. The molecule has 3 nitrogen and oxygen atoms in total. The highest BCUT2D eigenvalue weighted by Gasteiger charge is 2.11. The van der Waals surface area contributed by atoms with Crippen molar-refractivity contribution in [1.29, 1.82) is 0 Å². The number of hydrogen-bond acceptors (Lipinski definition) is 3. The molecule has 2 heterocycles. The molecule has 0 spiro atoms. The Bertz CT molecular complexity index is 487. The molecule has 0 amide bonds. The van der Waals surface area contributed by atoms with Crippen LogP contribution in [0, 0.1) is 0 Å². The molecular formula is C14H16BrN3. The number of likely N-dealkylation sites (N-methyl/N-ethyl adjacent to an activating group) is 1. The SMILES string of the molecule is CCNC(Cc1ccncc1)c1cncc(Br)c1. The smallest absolute Gasteiger partial charge is 0.0410 e. The van der Waals surface area contributed by atoms with Crippen molar-refractivity contribution in [2.24, 2.45) is 0 Å². The highest BCUT2D eigenvalue weighted by atomic mass is 79.9. The van der Waals surface area contributed by atoms with Gasteiger partial charge in [0.05, 0.1) is 0 Å². The third kappa shape index (κ3) is 3.62. The minimum absolute atomic E-state index is 0.280. The van der Waals surface area contributed by atoms with Gasteiger partial charge in [-0.2, -0.15) is 0 Å². The second-order valence-corrected chi connectivity index (χ2v) is 5.02. The minimum atomic E-state index is 0.280. The molecule has 0 aliphatic carbocycles. The van der Waals surface area contributed by atoms with E-state index < -0.39 is 0 Å². The third-order valence-electron chi connectivity index (χ3n) is 2.77. The van der Waals surface area contributed by atoms with Crippen LogP contribution in [0.1, 0.15) is 24.1 Å². The normalized spacial score (nSPS) is 12.3. The van der Waals surface area contributed by atoms with Crippen LogP contribution in [0.15, 0.2) is 47.5 Å². The van der Waals surface area contributed by atoms with E-state index in [9.17, 15) is 0 Å². The van der Waals surface area contributed by atoms with E-state index in [0.29, 0.717) is 0 Å². The molecule has 2 aromatic rings. The summed E-state index contributed by atoms with van der Waals surface area (Å²) in [5, 5.41) is 3.49. The summed E-state index contributed by atoms with van der Waals surface area (Å²) in [5.41, 5.74) is 2.47. The van der Waals surface area contributed by atoms with Crippen LogP contribution in [0.4, 0.5) is 0 Å². The van der Waals surface area contributed by atoms with Gasteiger partial charge in [-0.3, -0.25) is 9.97 Å². The Hall–Kier alpha value is -1.26. The van der Waals surface area contributed by atoms with Gasteiger partial charge in [-0.15, -0.1) is 0 Å². The first-order chi connectivity index (χ1) is 8.79. The zero-order valence-corrected chi connectivity index (χ0v) is 11.9. The second kappa shape index (κ2) is 6.61. The van der Waals surface area contributed by atoms with E-state index in [1.54, 1.807) is 6.20 Å². The lowest BCUT2D eigenvalue weighted by Gasteiger charge is -2.18. The fourth-order valence-electron chi connectivity index (χ4n) is 1.93. The van der Waals surface area contributed by atoms with Gasteiger partial charge < -0.3 is 5.32 Å². The van der Waals surface area contributed by atoms with Crippen LogP contribution in [-0.4, -0.2) is 16.5 Å². The first-order valence-electron chi connectivity index (χ1n) is 6.02. The van der Waals surface area contributed by atoms with E-state index in [1.807, 2.05) is 18.6 Å². The molecule has 0 bridgehead atoms. The first kappa shape index (κ1) is 13.2. The lowest BCUT2D eigenvalue weighted by Crippen LogP contribution is -2.23. The molecule has 4 heteroatoms. The summed E-state index contributed by atoms with van der Waals surface area (Å²) in [6.07, 6.45) is 8.32. The van der Waals surface area contributed by atoms with Crippen LogP contribution in [0.5, 0.6) is 0 Å². The largest absolute Gasteiger partial charge is 0.310 e. The fraction of sp³-hybridized carbons (Fsp3) is 0.286. The first-order valence-corrected chi connectivity index (χ1v) is 6.81. The number of nitrogens with zero attached hydrogens (tertiary/aromatic N) is 2. The lowest BCUT2D eigenvalue weighted by atomic mass is 10.0. The number of nitrogens with one attached hydrogen (secondary N) is 1. The van der Waals surface area contributed by atoms with Gasteiger partial charge in [-0.25, -0.2) is 0 Å². The zero-order chi connectivity index (χ0) is 12.8. The highest BCUT2D eigenvalue weighted by Crippen LogP contribution is 2.20. The van der Waals surface area contributed by atoms with E-state index in [0.717, 1.165) is 17.4 Å². The Labute approximate surface area is 116 Å². The quantitative estimate of drug-likeness (QED) is 0.922. The van der Waals surface area contributed by atoms with E-state index in [2.05, 4.69) is 56.3 Å². The molecule has 0 aliphatic rings. The van der Waals surface area contributed by atoms with Crippen LogP contribution in [0.25, 0.3) is 0 Å². The van der Waals surface area contributed by atoms with Gasteiger partial charge in [0.25, 0.3) is 0 Å².